The molecule has 0 aliphatic heterocycles. The van der Waals surface area contributed by atoms with E-state index in [2.05, 4.69) is 31.2 Å². The maximum atomic E-state index is 6.06. The summed E-state index contributed by atoms with van der Waals surface area (Å²) in [5, 5.41) is 0. The van der Waals surface area contributed by atoms with Gasteiger partial charge in [-0.1, -0.05) is 43.7 Å². The second-order valence-electron chi connectivity index (χ2n) is 5.25. The lowest BCUT2D eigenvalue weighted by atomic mass is 9.80. The van der Waals surface area contributed by atoms with E-state index in [1.165, 1.54) is 18.4 Å². The molecule has 0 aromatic heterocycles. The molecule has 1 aliphatic rings. The summed E-state index contributed by atoms with van der Waals surface area (Å²) in [5.41, 5.74) is 7.08. The van der Waals surface area contributed by atoms with Crippen LogP contribution >= 0.6 is 0 Å². The zero-order valence-corrected chi connectivity index (χ0v) is 10.6. The second-order valence-corrected chi connectivity index (χ2v) is 5.25. The van der Waals surface area contributed by atoms with Gasteiger partial charge in [-0.05, 0) is 36.8 Å². The van der Waals surface area contributed by atoms with E-state index in [0.717, 1.165) is 18.9 Å². The van der Waals surface area contributed by atoms with E-state index in [-0.39, 0.29) is 0 Å². The van der Waals surface area contributed by atoms with Gasteiger partial charge in [-0.15, -0.1) is 0 Å². The van der Waals surface area contributed by atoms with Gasteiger partial charge in [0.05, 0.1) is 12.7 Å². The van der Waals surface area contributed by atoms with E-state index >= 15 is 0 Å². The van der Waals surface area contributed by atoms with Crippen molar-refractivity contribution in [1.29, 1.82) is 0 Å². The predicted octanol–water partition coefficient (Wildman–Crippen LogP) is 2.97. The van der Waals surface area contributed by atoms with Crippen molar-refractivity contribution in [1.82, 2.24) is 0 Å². The molecule has 2 N–H and O–H groups in total. The molecule has 2 rings (SSSR count). The lowest BCUT2D eigenvalue weighted by Crippen LogP contribution is -2.35. The van der Waals surface area contributed by atoms with Crippen LogP contribution < -0.4 is 5.73 Å². The predicted molar refractivity (Wildman–Crippen MR) is 70.6 cm³/mol. The standard InChI is InChI=1S/C15H23NO/c1-12-7-8-14(10-16)15(9-12)17-11-13-5-3-2-4-6-13/h2-6,12,14-15H,7-11,16H2,1H3. The topological polar surface area (TPSA) is 35.2 Å². The van der Waals surface area contributed by atoms with Gasteiger partial charge in [0.2, 0.25) is 0 Å². The third kappa shape index (κ3) is 3.55. The molecule has 3 unspecified atom stereocenters. The summed E-state index contributed by atoms with van der Waals surface area (Å²) >= 11 is 0. The van der Waals surface area contributed by atoms with Gasteiger partial charge in [-0.25, -0.2) is 0 Å². The highest BCUT2D eigenvalue weighted by Gasteiger charge is 2.28. The minimum absolute atomic E-state index is 0.351. The Kier molecular flexibility index (Phi) is 4.57. The van der Waals surface area contributed by atoms with Gasteiger partial charge in [0.1, 0.15) is 0 Å². The monoisotopic (exact) mass is 233 g/mol. The molecule has 2 heteroatoms. The summed E-state index contributed by atoms with van der Waals surface area (Å²) < 4.78 is 6.06. The second kappa shape index (κ2) is 6.18. The molecule has 0 amide bonds. The van der Waals surface area contributed by atoms with Crippen LogP contribution in [-0.4, -0.2) is 12.6 Å². The van der Waals surface area contributed by atoms with Crippen molar-refractivity contribution in [2.75, 3.05) is 6.54 Å². The molecule has 1 aliphatic carbocycles. The number of hydrogen-bond donors (Lipinski definition) is 1. The highest BCUT2D eigenvalue weighted by molar-refractivity contribution is 5.13. The van der Waals surface area contributed by atoms with Gasteiger partial charge >= 0.3 is 0 Å². The molecule has 0 spiro atoms. The molecular formula is C15H23NO. The zero-order valence-electron chi connectivity index (χ0n) is 10.6. The summed E-state index contributed by atoms with van der Waals surface area (Å²) in [6.45, 7) is 3.78. The number of nitrogens with two attached hydrogens (primary N) is 1. The number of hydrogen-bond acceptors (Lipinski definition) is 2. The lowest BCUT2D eigenvalue weighted by Gasteiger charge is -2.34. The lowest BCUT2D eigenvalue weighted by molar-refractivity contribution is -0.0305. The molecular weight excluding hydrogens is 210 g/mol. The quantitative estimate of drug-likeness (QED) is 0.867. The van der Waals surface area contributed by atoms with E-state index < -0.39 is 0 Å². The van der Waals surface area contributed by atoms with Crippen molar-refractivity contribution in [2.45, 2.75) is 38.9 Å². The maximum absolute atomic E-state index is 6.06. The fraction of sp³-hybridized carbons (Fsp3) is 0.600. The summed E-state index contributed by atoms with van der Waals surface area (Å²) in [5.74, 6) is 1.33. The molecule has 0 saturated heterocycles. The largest absolute Gasteiger partial charge is 0.373 e. The van der Waals surface area contributed by atoms with Gasteiger partial charge in [-0.2, -0.15) is 0 Å². The van der Waals surface area contributed by atoms with E-state index in [1.807, 2.05) is 6.07 Å². The molecule has 94 valence electrons. The van der Waals surface area contributed by atoms with Crippen LogP contribution in [0.1, 0.15) is 31.7 Å². The Hall–Kier alpha value is -0.860. The van der Waals surface area contributed by atoms with Crippen molar-refractivity contribution >= 4 is 0 Å². The van der Waals surface area contributed by atoms with Crippen molar-refractivity contribution in [3.05, 3.63) is 35.9 Å². The average molecular weight is 233 g/mol. The Morgan fingerprint density at radius 1 is 1.24 bits per heavy atom. The van der Waals surface area contributed by atoms with Crippen LogP contribution in [-0.2, 0) is 11.3 Å². The SMILES string of the molecule is CC1CCC(CN)C(OCc2ccccc2)C1. The number of benzene rings is 1. The molecule has 1 aromatic carbocycles. The minimum Gasteiger partial charge on any atom is -0.373 e. The van der Waals surface area contributed by atoms with Crippen LogP contribution in [0.4, 0.5) is 0 Å². The van der Waals surface area contributed by atoms with Gasteiger partial charge in [0.15, 0.2) is 0 Å². The summed E-state index contributed by atoms with van der Waals surface area (Å²) in [4.78, 5) is 0. The highest BCUT2D eigenvalue weighted by Crippen LogP contribution is 2.30. The third-order valence-electron chi connectivity index (χ3n) is 3.80. The van der Waals surface area contributed by atoms with Crippen LogP contribution in [0, 0.1) is 11.8 Å². The highest BCUT2D eigenvalue weighted by atomic mass is 16.5. The minimum atomic E-state index is 0.351. The van der Waals surface area contributed by atoms with E-state index in [4.69, 9.17) is 10.5 Å². The zero-order chi connectivity index (χ0) is 12.1. The summed E-state index contributed by atoms with van der Waals surface area (Å²) in [6, 6.07) is 10.4. The van der Waals surface area contributed by atoms with Crippen molar-refractivity contribution in [3.63, 3.8) is 0 Å². The molecule has 3 atom stereocenters. The summed E-state index contributed by atoms with van der Waals surface area (Å²) in [7, 11) is 0. The molecule has 2 nitrogen and oxygen atoms in total. The molecule has 0 heterocycles. The van der Waals surface area contributed by atoms with Crippen LogP contribution in [0.15, 0.2) is 30.3 Å². The molecule has 0 bridgehead atoms. The van der Waals surface area contributed by atoms with E-state index in [9.17, 15) is 0 Å². The Labute approximate surface area is 104 Å². The first-order valence-corrected chi connectivity index (χ1v) is 6.65. The molecule has 17 heavy (non-hydrogen) atoms. The molecule has 1 saturated carbocycles. The van der Waals surface area contributed by atoms with Crippen LogP contribution in [0.3, 0.4) is 0 Å². The van der Waals surface area contributed by atoms with E-state index in [1.54, 1.807) is 0 Å². The van der Waals surface area contributed by atoms with Gasteiger partial charge in [-0.3, -0.25) is 0 Å². The van der Waals surface area contributed by atoms with Gasteiger partial charge < -0.3 is 10.5 Å². The van der Waals surface area contributed by atoms with Gasteiger partial charge in [0.25, 0.3) is 0 Å². The Balaban J connectivity index is 1.88. The van der Waals surface area contributed by atoms with Crippen LogP contribution in [0.2, 0.25) is 0 Å². The van der Waals surface area contributed by atoms with Crippen LogP contribution in [0.5, 0.6) is 0 Å². The van der Waals surface area contributed by atoms with E-state index in [0.29, 0.717) is 18.6 Å². The van der Waals surface area contributed by atoms with Crippen LogP contribution in [0.25, 0.3) is 0 Å². The molecule has 0 radical (unpaired) electrons. The smallest absolute Gasteiger partial charge is 0.0720 e. The Morgan fingerprint density at radius 2 is 2.00 bits per heavy atom. The van der Waals surface area contributed by atoms with Crippen molar-refractivity contribution in [2.24, 2.45) is 17.6 Å². The van der Waals surface area contributed by atoms with Gasteiger partial charge in [0, 0.05) is 0 Å². The maximum Gasteiger partial charge on any atom is 0.0720 e. The summed E-state index contributed by atoms with van der Waals surface area (Å²) in [6.07, 6.45) is 4.03. The third-order valence-corrected chi connectivity index (χ3v) is 3.80. The first-order chi connectivity index (χ1) is 8.29. The Bertz CT molecular complexity index is 325. The Morgan fingerprint density at radius 3 is 2.71 bits per heavy atom. The fourth-order valence-corrected chi connectivity index (χ4v) is 2.64. The molecule has 1 fully saturated rings. The number of ether oxygens (including phenoxy) is 1. The average Bonchev–Trinajstić information content (AvgIpc) is 2.38. The fourth-order valence-electron chi connectivity index (χ4n) is 2.64. The first kappa shape index (κ1) is 12.6. The normalized spacial score (nSPS) is 29.2. The van der Waals surface area contributed by atoms with Crippen molar-refractivity contribution in [3.8, 4) is 0 Å². The first-order valence-electron chi connectivity index (χ1n) is 6.65. The molecule has 1 aromatic rings. The van der Waals surface area contributed by atoms with Crippen molar-refractivity contribution < 1.29 is 4.74 Å². The number of rotatable bonds is 4.